The number of hydrogen-bond donors (Lipinski definition) is 2. The first-order chi connectivity index (χ1) is 11.0. The first-order valence-corrected chi connectivity index (χ1v) is 7.05. The van der Waals surface area contributed by atoms with Crippen LogP contribution in [-0.2, 0) is 11.2 Å². The second-order valence-corrected chi connectivity index (χ2v) is 5.38. The number of fused-ring (bicyclic) bond motifs is 1. The SMILES string of the molecule is CC(CN1C(=O)c2ccccc2C1=O)c1n[nH]c(CC(=O)O)n1. The lowest BCUT2D eigenvalue weighted by Gasteiger charge is -2.17. The van der Waals surface area contributed by atoms with Crippen LogP contribution in [0.15, 0.2) is 24.3 Å². The molecule has 0 radical (unpaired) electrons. The second kappa shape index (κ2) is 5.64. The fraction of sp³-hybridized carbons (Fsp3) is 0.267. The fourth-order valence-electron chi connectivity index (χ4n) is 2.51. The number of amides is 2. The number of H-pyrrole nitrogens is 1. The van der Waals surface area contributed by atoms with Gasteiger partial charge in [-0.05, 0) is 12.1 Å². The smallest absolute Gasteiger partial charge is 0.311 e. The molecule has 23 heavy (non-hydrogen) atoms. The highest BCUT2D eigenvalue weighted by Gasteiger charge is 2.36. The van der Waals surface area contributed by atoms with Crippen LogP contribution in [0.5, 0.6) is 0 Å². The summed E-state index contributed by atoms with van der Waals surface area (Å²) in [5, 5.41) is 15.2. The van der Waals surface area contributed by atoms with Crippen molar-refractivity contribution in [3.63, 3.8) is 0 Å². The lowest BCUT2D eigenvalue weighted by atomic mass is 10.1. The van der Waals surface area contributed by atoms with Crippen molar-refractivity contribution in [2.75, 3.05) is 6.54 Å². The number of nitrogens with one attached hydrogen (secondary N) is 1. The number of aromatic nitrogens is 3. The third-order valence-corrected chi connectivity index (χ3v) is 3.64. The number of aromatic amines is 1. The highest BCUT2D eigenvalue weighted by atomic mass is 16.4. The molecular weight excluding hydrogens is 300 g/mol. The summed E-state index contributed by atoms with van der Waals surface area (Å²) in [7, 11) is 0. The Hall–Kier alpha value is -3.03. The number of carboxylic acid groups (broad SMARTS) is 1. The van der Waals surface area contributed by atoms with E-state index in [0.29, 0.717) is 17.0 Å². The number of carbonyl (C=O) groups is 3. The molecular formula is C15H14N4O4. The molecule has 1 aliphatic rings. The predicted molar refractivity (Wildman–Crippen MR) is 77.9 cm³/mol. The van der Waals surface area contributed by atoms with E-state index >= 15 is 0 Å². The largest absolute Gasteiger partial charge is 0.481 e. The van der Waals surface area contributed by atoms with Gasteiger partial charge < -0.3 is 5.11 Å². The van der Waals surface area contributed by atoms with Gasteiger partial charge in [-0.3, -0.25) is 24.4 Å². The number of aliphatic carboxylic acids is 1. The van der Waals surface area contributed by atoms with Gasteiger partial charge >= 0.3 is 5.97 Å². The summed E-state index contributed by atoms with van der Waals surface area (Å²) in [6.45, 7) is 1.91. The zero-order chi connectivity index (χ0) is 16.6. The van der Waals surface area contributed by atoms with Crippen molar-refractivity contribution in [2.45, 2.75) is 19.3 Å². The molecule has 1 aliphatic heterocycles. The number of carboxylic acids is 1. The van der Waals surface area contributed by atoms with E-state index in [-0.39, 0.29) is 36.5 Å². The van der Waals surface area contributed by atoms with Crippen LogP contribution in [0.3, 0.4) is 0 Å². The molecule has 8 heteroatoms. The molecule has 0 spiro atoms. The number of benzene rings is 1. The maximum absolute atomic E-state index is 12.3. The van der Waals surface area contributed by atoms with Gasteiger partial charge in [0.2, 0.25) is 0 Å². The Morgan fingerprint density at radius 3 is 2.43 bits per heavy atom. The zero-order valence-corrected chi connectivity index (χ0v) is 12.3. The molecule has 118 valence electrons. The summed E-state index contributed by atoms with van der Waals surface area (Å²) < 4.78 is 0. The Balaban J connectivity index is 1.75. The summed E-state index contributed by atoms with van der Waals surface area (Å²) in [4.78, 5) is 40.5. The van der Waals surface area contributed by atoms with E-state index in [1.54, 1.807) is 31.2 Å². The zero-order valence-electron chi connectivity index (χ0n) is 12.3. The van der Waals surface area contributed by atoms with E-state index in [9.17, 15) is 14.4 Å². The van der Waals surface area contributed by atoms with E-state index < -0.39 is 5.97 Å². The van der Waals surface area contributed by atoms with E-state index in [2.05, 4.69) is 15.2 Å². The lowest BCUT2D eigenvalue weighted by molar-refractivity contribution is -0.136. The third-order valence-electron chi connectivity index (χ3n) is 3.64. The number of nitrogens with zero attached hydrogens (tertiary/aromatic N) is 3. The maximum Gasteiger partial charge on any atom is 0.311 e. The molecule has 1 aromatic heterocycles. The van der Waals surface area contributed by atoms with Gasteiger partial charge in [0.05, 0.1) is 11.1 Å². The molecule has 2 N–H and O–H groups in total. The first-order valence-electron chi connectivity index (χ1n) is 7.05. The van der Waals surface area contributed by atoms with E-state index in [4.69, 9.17) is 5.11 Å². The van der Waals surface area contributed by atoms with Gasteiger partial charge in [-0.1, -0.05) is 19.1 Å². The van der Waals surface area contributed by atoms with Gasteiger partial charge in [0.15, 0.2) is 5.82 Å². The minimum Gasteiger partial charge on any atom is -0.481 e. The van der Waals surface area contributed by atoms with Gasteiger partial charge in [0, 0.05) is 12.5 Å². The van der Waals surface area contributed by atoms with E-state index in [1.807, 2.05) is 0 Å². The molecule has 2 aromatic rings. The summed E-state index contributed by atoms with van der Waals surface area (Å²) in [6.07, 6.45) is -0.257. The molecule has 0 bridgehead atoms. The fourth-order valence-corrected chi connectivity index (χ4v) is 2.51. The van der Waals surface area contributed by atoms with Crippen LogP contribution >= 0.6 is 0 Å². The molecule has 1 aromatic carbocycles. The van der Waals surface area contributed by atoms with Crippen molar-refractivity contribution >= 4 is 17.8 Å². The first kappa shape index (κ1) is 14.9. The van der Waals surface area contributed by atoms with Gasteiger partial charge in [-0.25, -0.2) is 4.98 Å². The highest BCUT2D eigenvalue weighted by Crippen LogP contribution is 2.25. The Bertz CT molecular complexity index is 763. The van der Waals surface area contributed by atoms with Gasteiger partial charge in [0.25, 0.3) is 11.8 Å². The molecule has 3 rings (SSSR count). The minimum absolute atomic E-state index is 0.136. The highest BCUT2D eigenvalue weighted by molar-refractivity contribution is 6.21. The maximum atomic E-state index is 12.3. The summed E-state index contributed by atoms with van der Waals surface area (Å²) in [5.74, 6) is -1.38. The molecule has 2 amide bonds. The molecule has 0 saturated heterocycles. The molecule has 0 aliphatic carbocycles. The quantitative estimate of drug-likeness (QED) is 0.790. The number of imide groups is 1. The van der Waals surface area contributed by atoms with Crippen LogP contribution in [-0.4, -0.2) is 49.5 Å². The average molecular weight is 314 g/mol. The summed E-state index contributed by atoms with van der Waals surface area (Å²) >= 11 is 0. The van der Waals surface area contributed by atoms with Gasteiger partial charge in [0.1, 0.15) is 12.2 Å². The molecule has 8 nitrogen and oxygen atoms in total. The Morgan fingerprint density at radius 2 is 1.87 bits per heavy atom. The molecule has 1 unspecified atom stereocenters. The predicted octanol–water partition coefficient (Wildman–Crippen LogP) is 0.832. The van der Waals surface area contributed by atoms with Crippen LogP contribution in [0.1, 0.15) is 45.2 Å². The Kier molecular flexibility index (Phi) is 3.65. The summed E-state index contributed by atoms with van der Waals surface area (Å²) in [6, 6.07) is 6.67. The second-order valence-electron chi connectivity index (χ2n) is 5.38. The van der Waals surface area contributed by atoms with E-state index in [1.165, 1.54) is 4.90 Å². The Labute approximate surface area is 131 Å². The number of rotatable bonds is 5. The lowest BCUT2D eigenvalue weighted by Crippen LogP contribution is -2.33. The molecule has 0 fully saturated rings. The van der Waals surface area contributed by atoms with Crippen molar-refractivity contribution < 1.29 is 19.5 Å². The number of carbonyl (C=O) groups excluding carboxylic acids is 2. The van der Waals surface area contributed by atoms with Crippen molar-refractivity contribution in [1.82, 2.24) is 20.1 Å². The molecule has 1 atom stereocenters. The van der Waals surface area contributed by atoms with Crippen molar-refractivity contribution in [2.24, 2.45) is 0 Å². The molecule has 0 saturated carbocycles. The van der Waals surface area contributed by atoms with Crippen LogP contribution in [0.2, 0.25) is 0 Å². The summed E-state index contributed by atoms with van der Waals surface area (Å²) in [5.41, 5.74) is 0.789. The Morgan fingerprint density at radius 1 is 1.26 bits per heavy atom. The topological polar surface area (TPSA) is 116 Å². The van der Waals surface area contributed by atoms with Crippen molar-refractivity contribution in [3.05, 3.63) is 47.0 Å². The van der Waals surface area contributed by atoms with Crippen molar-refractivity contribution in [1.29, 1.82) is 0 Å². The molecule has 2 heterocycles. The van der Waals surface area contributed by atoms with Crippen LogP contribution in [0.25, 0.3) is 0 Å². The monoisotopic (exact) mass is 314 g/mol. The van der Waals surface area contributed by atoms with Crippen LogP contribution < -0.4 is 0 Å². The minimum atomic E-state index is -1.01. The van der Waals surface area contributed by atoms with Gasteiger partial charge in [-0.15, -0.1) is 0 Å². The average Bonchev–Trinajstić information content (AvgIpc) is 3.06. The normalized spacial score (nSPS) is 14.9. The third kappa shape index (κ3) is 2.70. The van der Waals surface area contributed by atoms with Gasteiger partial charge in [-0.2, -0.15) is 5.10 Å². The van der Waals surface area contributed by atoms with E-state index in [0.717, 1.165) is 0 Å². The van der Waals surface area contributed by atoms with Crippen LogP contribution in [0.4, 0.5) is 0 Å². The number of hydrogen-bond acceptors (Lipinski definition) is 5. The standard InChI is InChI=1S/C15H14N4O4/c1-8(13-16-11(17-18-13)6-12(20)21)7-19-14(22)9-4-2-3-5-10(9)15(19)23/h2-5,8H,6-7H2,1H3,(H,20,21)(H,16,17,18). The van der Waals surface area contributed by atoms with Crippen LogP contribution in [0, 0.1) is 0 Å². The van der Waals surface area contributed by atoms with Crippen molar-refractivity contribution in [3.8, 4) is 0 Å².